The zero-order chi connectivity index (χ0) is 26.9. The van der Waals surface area contributed by atoms with Gasteiger partial charge in [0, 0.05) is 54.9 Å². The van der Waals surface area contributed by atoms with Crippen molar-refractivity contribution in [2.24, 2.45) is 0 Å². The van der Waals surface area contributed by atoms with Gasteiger partial charge in [0.15, 0.2) is 0 Å². The number of para-hydroxylation sites is 1. The SMILES string of the molecule is CNC1CCN(C(=O)C=C2c3ccccc3N(C(=O)c3sc(-c4ccccc4)nc3C)CCC2(F)F)CC1. The first kappa shape index (κ1) is 26.2. The van der Waals surface area contributed by atoms with E-state index in [1.165, 1.54) is 16.2 Å². The number of aromatic nitrogens is 1. The molecular weight excluding hydrogens is 506 g/mol. The smallest absolute Gasteiger partial charge is 0.275 e. The van der Waals surface area contributed by atoms with Gasteiger partial charge in [-0.05, 0) is 32.9 Å². The van der Waals surface area contributed by atoms with Crippen LogP contribution in [0.2, 0.25) is 0 Å². The molecule has 2 aliphatic rings. The lowest BCUT2D eigenvalue weighted by Crippen LogP contribution is -2.43. The Morgan fingerprint density at radius 1 is 1.05 bits per heavy atom. The molecule has 3 aromatic rings. The highest BCUT2D eigenvalue weighted by Gasteiger charge is 2.42. The lowest BCUT2D eigenvalue weighted by atomic mass is 9.96. The summed E-state index contributed by atoms with van der Waals surface area (Å²) >= 11 is 1.26. The van der Waals surface area contributed by atoms with E-state index in [4.69, 9.17) is 0 Å². The minimum absolute atomic E-state index is 0.181. The molecule has 0 unspecified atom stereocenters. The largest absolute Gasteiger partial charge is 0.339 e. The number of hydrogen-bond acceptors (Lipinski definition) is 5. The first-order chi connectivity index (χ1) is 18.3. The van der Waals surface area contributed by atoms with Gasteiger partial charge in [-0.15, -0.1) is 11.3 Å². The molecule has 3 heterocycles. The van der Waals surface area contributed by atoms with E-state index in [1.807, 2.05) is 37.4 Å². The van der Waals surface area contributed by atoms with Crippen molar-refractivity contribution in [1.29, 1.82) is 0 Å². The third-order valence-electron chi connectivity index (χ3n) is 7.27. The van der Waals surface area contributed by atoms with Crippen LogP contribution in [0.15, 0.2) is 60.7 Å². The van der Waals surface area contributed by atoms with Gasteiger partial charge >= 0.3 is 0 Å². The van der Waals surface area contributed by atoms with E-state index in [0.717, 1.165) is 24.5 Å². The number of rotatable bonds is 4. The van der Waals surface area contributed by atoms with E-state index in [-0.39, 0.29) is 23.6 Å². The van der Waals surface area contributed by atoms with Crippen molar-refractivity contribution in [2.45, 2.75) is 38.2 Å². The van der Waals surface area contributed by atoms with Crippen molar-refractivity contribution in [1.82, 2.24) is 15.2 Å². The van der Waals surface area contributed by atoms with Gasteiger partial charge < -0.3 is 15.1 Å². The Hall–Kier alpha value is -3.43. The first-order valence-electron chi connectivity index (χ1n) is 12.8. The molecular formula is C29H30F2N4O2S. The highest BCUT2D eigenvalue weighted by Crippen LogP contribution is 2.44. The number of aryl methyl sites for hydroxylation is 1. The summed E-state index contributed by atoms with van der Waals surface area (Å²) in [6.07, 6.45) is 2.05. The molecule has 1 aromatic heterocycles. The average molecular weight is 537 g/mol. The first-order valence-corrected chi connectivity index (χ1v) is 13.6. The summed E-state index contributed by atoms with van der Waals surface area (Å²) < 4.78 is 31.2. The minimum atomic E-state index is -3.28. The maximum Gasteiger partial charge on any atom is 0.275 e. The number of halogens is 2. The normalized spacial score (nSPS) is 18.8. The van der Waals surface area contributed by atoms with Crippen LogP contribution >= 0.6 is 11.3 Å². The predicted molar refractivity (Wildman–Crippen MR) is 147 cm³/mol. The number of alkyl halides is 2. The van der Waals surface area contributed by atoms with Crippen LogP contribution in [0.25, 0.3) is 16.1 Å². The monoisotopic (exact) mass is 536 g/mol. The summed E-state index contributed by atoms with van der Waals surface area (Å²) in [7, 11) is 1.89. The van der Waals surface area contributed by atoms with Crippen molar-refractivity contribution < 1.29 is 18.4 Å². The topological polar surface area (TPSA) is 65.5 Å². The maximum absolute atomic E-state index is 15.6. The van der Waals surface area contributed by atoms with Crippen LogP contribution in [0.1, 0.15) is 40.2 Å². The second-order valence-electron chi connectivity index (χ2n) is 9.67. The number of amides is 2. The number of anilines is 1. The molecule has 0 bridgehead atoms. The third-order valence-corrected chi connectivity index (χ3v) is 8.46. The molecule has 5 rings (SSSR count). The van der Waals surface area contributed by atoms with Crippen LogP contribution < -0.4 is 10.2 Å². The molecule has 1 saturated heterocycles. The third kappa shape index (κ3) is 5.13. The number of hydrogen-bond donors (Lipinski definition) is 1. The molecule has 0 saturated carbocycles. The number of nitrogens with zero attached hydrogens (tertiary/aromatic N) is 3. The molecule has 0 radical (unpaired) electrons. The van der Waals surface area contributed by atoms with Crippen LogP contribution in [-0.2, 0) is 4.79 Å². The standard InChI is InChI=1S/C29H30F2N4O2S/c1-19-26(38-27(33-19)20-8-4-3-5-9-20)28(37)35-17-14-29(30,31)23(22-10-6-7-11-24(22)35)18-25(36)34-15-12-21(32-2)13-16-34/h3-11,18,21,32H,12-17H2,1-2H3. The Balaban J connectivity index is 1.49. The second kappa shape index (κ2) is 10.7. The van der Waals surface area contributed by atoms with Crippen molar-refractivity contribution in [3.8, 4) is 10.6 Å². The lowest BCUT2D eigenvalue weighted by Gasteiger charge is -2.31. The van der Waals surface area contributed by atoms with Crippen LogP contribution in [0.5, 0.6) is 0 Å². The fourth-order valence-corrected chi connectivity index (χ4v) is 6.08. The number of carbonyl (C=O) groups is 2. The fourth-order valence-electron chi connectivity index (χ4n) is 5.06. The zero-order valence-electron chi connectivity index (χ0n) is 21.4. The Morgan fingerprint density at radius 2 is 1.74 bits per heavy atom. The number of thiazole rings is 1. The molecule has 1 N–H and O–H groups in total. The van der Waals surface area contributed by atoms with Gasteiger partial charge in [0.2, 0.25) is 5.91 Å². The highest BCUT2D eigenvalue weighted by molar-refractivity contribution is 7.17. The number of likely N-dealkylation sites (tertiary alicyclic amines) is 1. The minimum Gasteiger partial charge on any atom is -0.339 e. The number of nitrogens with one attached hydrogen (secondary N) is 1. The summed E-state index contributed by atoms with van der Waals surface area (Å²) in [5.74, 6) is -4.07. The van der Waals surface area contributed by atoms with E-state index in [0.29, 0.717) is 40.4 Å². The van der Waals surface area contributed by atoms with Crippen molar-refractivity contribution >= 4 is 34.4 Å². The van der Waals surface area contributed by atoms with E-state index in [1.54, 1.807) is 36.1 Å². The second-order valence-corrected chi connectivity index (χ2v) is 10.7. The van der Waals surface area contributed by atoms with Gasteiger partial charge in [-0.3, -0.25) is 9.59 Å². The van der Waals surface area contributed by atoms with Crippen LogP contribution in [0, 0.1) is 6.92 Å². The fraction of sp³-hybridized carbons (Fsp3) is 0.345. The molecule has 1 fully saturated rings. The van der Waals surface area contributed by atoms with Crippen molar-refractivity contribution in [3.63, 3.8) is 0 Å². The van der Waals surface area contributed by atoms with E-state index >= 15 is 8.78 Å². The van der Waals surface area contributed by atoms with Crippen LogP contribution in [0.3, 0.4) is 0 Å². The van der Waals surface area contributed by atoms with Gasteiger partial charge in [-0.1, -0.05) is 48.5 Å². The van der Waals surface area contributed by atoms with E-state index in [2.05, 4.69) is 10.3 Å². The average Bonchev–Trinajstić information content (AvgIpc) is 3.29. The predicted octanol–water partition coefficient (Wildman–Crippen LogP) is 5.40. The van der Waals surface area contributed by atoms with Gasteiger partial charge in [0.05, 0.1) is 11.4 Å². The Labute approximate surface area is 225 Å². The molecule has 0 spiro atoms. The summed E-state index contributed by atoms with van der Waals surface area (Å²) in [5, 5.41) is 3.91. The number of piperidine rings is 1. The Kier molecular flexibility index (Phi) is 7.40. The number of carbonyl (C=O) groups excluding carboxylic acids is 2. The molecule has 0 atom stereocenters. The van der Waals surface area contributed by atoms with E-state index in [9.17, 15) is 9.59 Å². The van der Waals surface area contributed by atoms with Crippen LogP contribution in [-0.4, -0.2) is 60.3 Å². The van der Waals surface area contributed by atoms with Gasteiger partial charge in [0.1, 0.15) is 9.88 Å². The summed E-state index contributed by atoms with van der Waals surface area (Å²) in [6, 6.07) is 16.5. The van der Waals surface area contributed by atoms with E-state index < -0.39 is 18.3 Å². The summed E-state index contributed by atoms with van der Waals surface area (Å²) in [5.41, 5.74) is 1.69. The molecule has 9 heteroatoms. The molecule has 6 nitrogen and oxygen atoms in total. The number of fused-ring (bicyclic) bond motifs is 1. The molecule has 198 valence electrons. The van der Waals surface area contributed by atoms with Gasteiger partial charge in [-0.25, -0.2) is 13.8 Å². The molecule has 0 aliphatic carbocycles. The summed E-state index contributed by atoms with van der Waals surface area (Å²) in [4.78, 5) is 34.9. The number of allylic oxidation sites excluding steroid dienone is 1. The quantitative estimate of drug-likeness (QED) is 0.454. The zero-order valence-corrected chi connectivity index (χ0v) is 22.2. The highest BCUT2D eigenvalue weighted by atomic mass is 32.1. The van der Waals surface area contributed by atoms with Crippen molar-refractivity contribution in [3.05, 3.63) is 76.8 Å². The van der Waals surface area contributed by atoms with Gasteiger partial charge in [0.25, 0.3) is 11.8 Å². The Bertz CT molecular complexity index is 1360. The Morgan fingerprint density at radius 3 is 2.45 bits per heavy atom. The molecule has 2 aliphatic heterocycles. The molecule has 2 amide bonds. The lowest BCUT2D eigenvalue weighted by molar-refractivity contribution is -0.127. The van der Waals surface area contributed by atoms with Crippen molar-refractivity contribution in [2.75, 3.05) is 31.6 Å². The summed E-state index contributed by atoms with van der Waals surface area (Å²) in [6.45, 7) is 2.61. The number of benzene rings is 2. The molecule has 38 heavy (non-hydrogen) atoms. The molecule has 2 aromatic carbocycles. The van der Waals surface area contributed by atoms with Crippen LogP contribution in [0.4, 0.5) is 14.5 Å². The maximum atomic E-state index is 15.6. The van der Waals surface area contributed by atoms with Gasteiger partial charge in [-0.2, -0.15) is 0 Å².